The van der Waals surface area contributed by atoms with E-state index in [1.165, 1.54) is 11.1 Å². The molecule has 0 aliphatic heterocycles. The van der Waals surface area contributed by atoms with Crippen LogP contribution in [0.5, 0.6) is 0 Å². The summed E-state index contributed by atoms with van der Waals surface area (Å²) in [7, 11) is 1.75. The number of rotatable bonds is 5. The van der Waals surface area contributed by atoms with Crippen LogP contribution in [0.25, 0.3) is 0 Å². The first-order valence-corrected chi connectivity index (χ1v) is 6.53. The summed E-state index contributed by atoms with van der Waals surface area (Å²) in [6, 6.07) is 9.02. The van der Waals surface area contributed by atoms with E-state index in [9.17, 15) is 0 Å². The van der Waals surface area contributed by atoms with Gasteiger partial charge in [0.1, 0.15) is 0 Å². The second-order valence-electron chi connectivity index (χ2n) is 5.27. The van der Waals surface area contributed by atoms with Crippen molar-refractivity contribution in [2.75, 3.05) is 13.7 Å². The third-order valence-electron chi connectivity index (χ3n) is 4.06. The molecule has 0 amide bonds. The van der Waals surface area contributed by atoms with Crippen LogP contribution in [0, 0.1) is 11.8 Å². The summed E-state index contributed by atoms with van der Waals surface area (Å²) < 4.78 is 5.13. The van der Waals surface area contributed by atoms with Crippen LogP contribution in [-0.4, -0.2) is 19.8 Å². The highest BCUT2D eigenvalue weighted by Crippen LogP contribution is 2.30. The van der Waals surface area contributed by atoms with Crippen molar-refractivity contribution in [2.45, 2.75) is 32.2 Å². The van der Waals surface area contributed by atoms with Gasteiger partial charge in [-0.3, -0.25) is 0 Å². The average Bonchev–Trinajstić information content (AvgIpc) is 2.78. The third-order valence-corrected chi connectivity index (χ3v) is 4.06. The van der Waals surface area contributed by atoms with E-state index < -0.39 is 0 Å². The first-order chi connectivity index (χ1) is 8.22. The summed E-state index contributed by atoms with van der Waals surface area (Å²) in [6.45, 7) is 3.06. The maximum Gasteiger partial charge on any atom is 0.0465 e. The van der Waals surface area contributed by atoms with Crippen LogP contribution in [0.4, 0.5) is 0 Å². The van der Waals surface area contributed by atoms with Crippen molar-refractivity contribution >= 4 is 0 Å². The Morgan fingerprint density at radius 1 is 1.29 bits per heavy atom. The molecule has 0 saturated carbocycles. The van der Waals surface area contributed by atoms with Gasteiger partial charge in [-0.05, 0) is 42.2 Å². The molecule has 1 aliphatic carbocycles. The van der Waals surface area contributed by atoms with E-state index in [1.54, 1.807) is 7.11 Å². The van der Waals surface area contributed by atoms with Gasteiger partial charge < -0.3 is 10.5 Å². The van der Waals surface area contributed by atoms with E-state index in [2.05, 4.69) is 31.2 Å². The molecule has 0 bridgehead atoms. The molecule has 94 valence electrons. The van der Waals surface area contributed by atoms with Crippen molar-refractivity contribution in [3.05, 3.63) is 35.4 Å². The molecule has 1 aromatic rings. The fourth-order valence-corrected chi connectivity index (χ4v) is 2.83. The minimum Gasteiger partial charge on any atom is -0.385 e. The lowest BCUT2D eigenvalue weighted by atomic mass is 9.86. The molecule has 2 rings (SSSR count). The van der Waals surface area contributed by atoms with E-state index in [4.69, 9.17) is 10.5 Å². The smallest absolute Gasteiger partial charge is 0.0465 e. The van der Waals surface area contributed by atoms with Crippen LogP contribution < -0.4 is 5.73 Å². The standard InChI is InChI=1S/C15H23NO/c1-11(7-8-17-2)15(16)14-9-12-5-3-4-6-13(12)10-14/h3-6,11,14-15H,7-10,16H2,1-2H3. The molecule has 0 fully saturated rings. The molecule has 0 saturated heterocycles. The fourth-order valence-electron chi connectivity index (χ4n) is 2.83. The Labute approximate surface area is 104 Å². The predicted octanol–water partition coefficient (Wildman–Crippen LogP) is 2.40. The molecule has 0 aromatic heterocycles. The molecule has 0 radical (unpaired) electrons. The maximum atomic E-state index is 6.39. The van der Waals surface area contributed by atoms with Gasteiger partial charge in [0.05, 0.1) is 0 Å². The number of methoxy groups -OCH3 is 1. The molecule has 0 spiro atoms. The number of ether oxygens (including phenoxy) is 1. The Morgan fingerprint density at radius 3 is 2.41 bits per heavy atom. The second-order valence-corrected chi connectivity index (χ2v) is 5.27. The lowest BCUT2D eigenvalue weighted by molar-refractivity contribution is 0.167. The normalized spacial score (nSPS) is 19.0. The molecular formula is C15H23NO. The van der Waals surface area contributed by atoms with Crippen molar-refractivity contribution in [1.82, 2.24) is 0 Å². The topological polar surface area (TPSA) is 35.2 Å². The van der Waals surface area contributed by atoms with Gasteiger partial charge in [0, 0.05) is 19.8 Å². The lowest BCUT2D eigenvalue weighted by Crippen LogP contribution is -2.37. The summed E-state index contributed by atoms with van der Waals surface area (Å²) in [5.41, 5.74) is 9.37. The van der Waals surface area contributed by atoms with E-state index in [1.807, 2.05) is 0 Å². The highest BCUT2D eigenvalue weighted by Gasteiger charge is 2.29. The number of hydrogen-bond acceptors (Lipinski definition) is 2. The Kier molecular flexibility index (Phi) is 4.19. The van der Waals surface area contributed by atoms with Crippen molar-refractivity contribution in [2.24, 2.45) is 17.6 Å². The molecule has 2 unspecified atom stereocenters. The monoisotopic (exact) mass is 233 g/mol. The van der Waals surface area contributed by atoms with Gasteiger partial charge in [-0.1, -0.05) is 31.2 Å². The predicted molar refractivity (Wildman–Crippen MR) is 71.0 cm³/mol. The van der Waals surface area contributed by atoms with Crippen LogP contribution in [0.2, 0.25) is 0 Å². The zero-order chi connectivity index (χ0) is 12.3. The van der Waals surface area contributed by atoms with Crippen LogP contribution in [0.15, 0.2) is 24.3 Å². The van der Waals surface area contributed by atoms with Crippen molar-refractivity contribution in [3.63, 3.8) is 0 Å². The Morgan fingerprint density at radius 2 is 1.88 bits per heavy atom. The summed E-state index contributed by atoms with van der Waals surface area (Å²) in [5, 5.41) is 0. The molecule has 2 atom stereocenters. The second kappa shape index (κ2) is 5.65. The van der Waals surface area contributed by atoms with Gasteiger partial charge in [0.15, 0.2) is 0 Å². The van der Waals surface area contributed by atoms with Gasteiger partial charge >= 0.3 is 0 Å². The molecule has 0 heterocycles. The SMILES string of the molecule is COCCC(C)C(N)C1Cc2ccccc2C1. The van der Waals surface area contributed by atoms with Crippen LogP contribution in [0.3, 0.4) is 0 Å². The summed E-state index contributed by atoms with van der Waals surface area (Å²) in [5.74, 6) is 1.15. The van der Waals surface area contributed by atoms with Gasteiger partial charge in [-0.15, -0.1) is 0 Å². The van der Waals surface area contributed by atoms with E-state index in [0.717, 1.165) is 25.9 Å². The Balaban J connectivity index is 1.93. The molecule has 1 aliphatic rings. The third kappa shape index (κ3) is 2.88. The summed E-state index contributed by atoms with van der Waals surface area (Å²) >= 11 is 0. The van der Waals surface area contributed by atoms with E-state index in [-0.39, 0.29) is 6.04 Å². The van der Waals surface area contributed by atoms with E-state index >= 15 is 0 Å². The molecule has 1 aromatic carbocycles. The quantitative estimate of drug-likeness (QED) is 0.847. The van der Waals surface area contributed by atoms with Gasteiger partial charge in [-0.2, -0.15) is 0 Å². The van der Waals surface area contributed by atoms with Crippen LogP contribution in [0.1, 0.15) is 24.5 Å². The number of nitrogens with two attached hydrogens (primary N) is 1. The highest BCUT2D eigenvalue weighted by atomic mass is 16.5. The first kappa shape index (κ1) is 12.6. The average molecular weight is 233 g/mol. The molecule has 2 heteroatoms. The van der Waals surface area contributed by atoms with Crippen molar-refractivity contribution in [3.8, 4) is 0 Å². The largest absolute Gasteiger partial charge is 0.385 e. The Bertz CT molecular complexity index is 339. The zero-order valence-corrected chi connectivity index (χ0v) is 10.9. The minimum absolute atomic E-state index is 0.289. The summed E-state index contributed by atoms with van der Waals surface area (Å²) in [4.78, 5) is 0. The Hall–Kier alpha value is -0.860. The summed E-state index contributed by atoms with van der Waals surface area (Å²) in [6.07, 6.45) is 3.35. The van der Waals surface area contributed by atoms with Gasteiger partial charge in [-0.25, -0.2) is 0 Å². The van der Waals surface area contributed by atoms with Gasteiger partial charge in [0.25, 0.3) is 0 Å². The van der Waals surface area contributed by atoms with Gasteiger partial charge in [0.2, 0.25) is 0 Å². The minimum atomic E-state index is 0.289. The van der Waals surface area contributed by atoms with Crippen molar-refractivity contribution < 1.29 is 4.74 Å². The van der Waals surface area contributed by atoms with Crippen LogP contribution in [-0.2, 0) is 17.6 Å². The van der Waals surface area contributed by atoms with E-state index in [0.29, 0.717) is 11.8 Å². The molecule has 2 nitrogen and oxygen atoms in total. The first-order valence-electron chi connectivity index (χ1n) is 6.53. The molecule has 17 heavy (non-hydrogen) atoms. The molecule has 2 N–H and O–H groups in total. The number of benzene rings is 1. The molecular weight excluding hydrogens is 210 g/mol. The highest BCUT2D eigenvalue weighted by molar-refractivity contribution is 5.32. The fraction of sp³-hybridized carbons (Fsp3) is 0.600. The zero-order valence-electron chi connectivity index (χ0n) is 10.9. The van der Waals surface area contributed by atoms with Crippen LogP contribution >= 0.6 is 0 Å². The van der Waals surface area contributed by atoms with Crippen molar-refractivity contribution in [1.29, 1.82) is 0 Å². The lowest BCUT2D eigenvalue weighted by Gasteiger charge is -2.25. The number of hydrogen-bond donors (Lipinski definition) is 1. The maximum absolute atomic E-state index is 6.39. The number of fused-ring (bicyclic) bond motifs is 1.